The summed E-state index contributed by atoms with van der Waals surface area (Å²) in [7, 11) is 0. The fourth-order valence-corrected chi connectivity index (χ4v) is 4.08. The summed E-state index contributed by atoms with van der Waals surface area (Å²) in [6, 6.07) is 22.2. The fraction of sp³-hybridized carbons (Fsp3) is 0.130. The van der Waals surface area contributed by atoms with Gasteiger partial charge in [-0.1, -0.05) is 77.8 Å². The summed E-state index contributed by atoms with van der Waals surface area (Å²) in [5.41, 5.74) is 2.47. The highest BCUT2D eigenvalue weighted by Gasteiger charge is 2.48. The Morgan fingerprint density at radius 1 is 0.862 bits per heavy atom. The topological polar surface area (TPSA) is 49.4 Å². The van der Waals surface area contributed by atoms with E-state index in [4.69, 9.17) is 23.2 Å². The molecule has 6 heteroatoms. The van der Waals surface area contributed by atoms with Crippen molar-refractivity contribution in [3.63, 3.8) is 0 Å². The molecule has 4 rings (SSSR count). The van der Waals surface area contributed by atoms with Crippen LogP contribution in [0.15, 0.2) is 72.8 Å². The highest BCUT2D eigenvalue weighted by molar-refractivity contribution is 6.35. The smallest absolute Gasteiger partial charge is 0.323 e. The third-order valence-corrected chi connectivity index (χ3v) is 5.42. The number of imide groups is 1. The van der Waals surface area contributed by atoms with Gasteiger partial charge in [-0.2, -0.15) is 0 Å². The first-order valence-electron chi connectivity index (χ1n) is 9.13. The van der Waals surface area contributed by atoms with Crippen LogP contribution < -0.4 is 10.2 Å². The number of hydrogen-bond acceptors (Lipinski definition) is 2. The molecule has 1 saturated heterocycles. The summed E-state index contributed by atoms with van der Waals surface area (Å²) in [6.07, 6.45) is 0.372. The van der Waals surface area contributed by atoms with Crippen LogP contribution in [0.3, 0.4) is 0 Å². The first-order valence-corrected chi connectivity index (χ1v) is 9.88. The molecule has 1 N–H and O–H groups in total. The Hall–Kier alpha value is -2.82. The fourth-order valence-electron chi connectivity index (χ4n) is 3.56. The van der Waals surface area contributed by atoms with E-state index in [9.17, 15) is 9.59 Å². The van der Waals surface area contributed by atoms with Gasteiger partial charge in [-0.15, -0.1) is 0 Å². The van der Waals surface area contributed by atoms with Gasteiger partial charge < -0.3 is 5.32 Å². The van der Waals surface area contributed by atoms with Crippen LogP contribution in [0.2, 0.25) is 10.0 Å². The third kappa shape index (κ3) is 3.86. The van der Waals surface area contributed by atoms with Gasteiger partial charge in [0.25, 0.3) is 5.91 Å². The van der Waals surface area contributed by atoms with Gasteiger partial charge in [0.05, 0.1) is 5.69 Å². The molecule has 3 aromatic carbocycles. The van der Waals surface area contributed by atoms with Crippen molar-refractivity contribution in [2.75, 3.05) is 4.90 Å². The van der Waals surface area contributed by atoms with Crippen molar-refractivity contribution in [3.8, 4) is 11.1 Å². The number of amides is 3. The lowest BCUT2D eigenvalue weighted by atomic mass is 9.91. The Kier molecular flexibility index (Phi) is 5.07. The van der Waals surface area contributed by atoms with E-state index >= 15 is 0 Å². The van der Waals surface area contributed by atoms with Gasteiger partial charge in [0, 0.05) is 16.5 Å². The van der Waals surface area contributed by atoms with Crippen molar-refractivity contribution in [1.82, 2.24) is 5.32 Å². The van der Waals surface area contributed by atoms with Gasteiger partial charge in [-0.05, 0) is 41.8 Å². The average molecular weight is 425 g/mol. The zero-order valence-electron chi connectivity index (χ0n) is 15.7. The van der Waals surface area contributed by atoms with E-state index in [1.807, 2.05) is 54.6 Å². The molecule has 1 fully saturated rings. The highest BCUT2D eigenvalue weighted by Crippen LogP contribution is 2.31. The van der Waals surface area contributed by atoms with E-state index < -0.39 is 11.6 Å². The second-order valence-corrected chi connectivity index (χ2v) is 8.14. The zero-order chi connectivity index (χ0) is 20.6. The number of rotatable bonds is 4. The Morgan fingerprint density at radius 3 is 2.07 bits per heavy atom. The summed E-state index contributed by atoms with van der Waals surface area (Å²) in [5.74, 6) is -0.340. The second-order valence-electron chi connectivity index (χ2n) is 7.27. The number of nitrogens with zero attached hydrogens (tertiary/aromatic N) is 1. The lowest BCUT2D eigenvalue weighted by Crippen LogP contribution is -2.46. The molecule has 4 nitrogen and oxygen atoms in total. The quantitative estimate of drug-likeness (QED) is 0.544. The van der Waals surface area contributed by atoms with Gasteiger partial charge in [-0.25, -0.2) is 9.69 Å². The predicted molar refractivity (Wildman–Crippen MR) is 116 cm³/mol. The standard InChI is InChI=1S/C23H18Cl2N2O2/c1-23(14-15-7-9-17(10-8-15)16-5-3-2-4-6-16)21(28)27(22(29)26-23)20-12-18(24)11-19(25)13-20/h2-13H,14H2,1H3,(H,26,29)/t23-/m1/s1. The van der Waals surface area contributed by atoms with Crippen molar-refractivity contribution < 1.29 is 9.59 Å². The summed E-state index contributed by atoms with van der Waals surface area (Å²) >= 11 is 12.1. The van der Waals surface area contributed by atoms with Crippen LogP contribution in [-0.4, -0.2) is 17.5 Å². The molecule has 1 aliphatic heterocycles. The molecule has 0 aromatic heterocycles. The minimum Gasteiger partial charge on any atom is -0.323 e. The number of halogens is 2. The molecule has 1 atom stereocenters. The normalized spacial score (nSPS) is 18.8. The number of hydrogen-bond donors (Lipinski definition) is 1. The lowest BCUT2D eigenvalue weighted by Gasteiger charge is -2.22. The maximum Gasteiger partial charge on any atom is 0.329 e. The van der Waals surface area contributed by atoms with Gasteiger partial charge in [0.15, 0.2) is 0 Å². The van der Waals surface area contributed by atoms with Crippen LogP contribution in [0.4, 0.5) is 10.5 Å². The molecule has 0 radical (unpaired) electrons. The molecule has 0 saturated carbocycles. The zero-order valence-corrected chi connectivity index (χ0v) is 17.2. The molecular weight excluding hydrogens is 407 g/mol. The first kappa shape index (κ1) is 19.5. The van der Waals surface area contributed by atoms with Crippen molar-refractivity contribution in [1.29, 1.82) is 0 Å². The Bertz CT molecular complexity index is 1060. The molecule has 1 aliphatic rings. The second kappa shape index (κ2) is 7.54. The van der Waals surface area contributed by atoms with Crippen LogP contribution in [0.1, 0.15) is 12.5 Å². The van der Waals surface area contributed by atoms with Gasteiger partial charge >= 0.3 is 6.03 Å². The number of nitrogens with one attached hydrogen (secondary N) is 1. The van der Waals surface area contributed by atoms with Crippen LogP contribution in [0, 0.1) is 0 Å². The van der Waals surface area contributed by atoms with Crippen molar-refractivity contribution in [2.45, 2.75) is 18.9 Å². The molecule has 1 heterocycles. The molecule has 3 aromatic rings. The number of carbonyl (C=O) groups is 2. The molecule has 0 aliphatic carbocycles. The predicted octanol–water partition coefficient (Wildman–Crippen LogP) is 5.72. The molecular formula is C23H18Cl2N2O2. The maximum absolute atomic E-state index is 13.1. The van der Waals surface area contributed by atoms with Crippen molar-refractivity contribution >= 4 is 40.8 Å². The molecule has 146 valence electrons. The lowest BCUT2D eigenvalue weighted by molar-refractivity contribution is -0.121. The highest BCUT2D eigenvalue weighted by atomic mass is 35.5. The first-order chi connectivity index (χ1) is 13.9. The van der Waals surface area contributed by atoms with Crippen LogP contribution in [0.5, 0.6) is 0 Å². The van der Waals surface area contributed by atoms with Crippen LogP contribution >= 0.6 is 23.2 Å². The number of urea groups is 1. The Balaban J connectivity index is 1.57. The summed E-state index contributed by atoms with van der Waals surface area (Å²) in [4.78, 5) is 26.8. The van der Waals surface area contributed by atoms with Crippen molar-refractivity contribution in [2.24, 2.45) is 0 Å². The van der Waals surface area contributed by atoms with E-state index in [0.717, 1.165) is 21.6 Å². The Morgan fingerprint density at radius 2 is 1.45 bits per heavy atom. The monoisotopic (exact) mass is 424 g/mol. The van der Waals surface area contributed by atoms with Crippen LogP contribution in [-0.2, 0) is 11.2 Å². The van der Waals surface area contributed by atoms with Crippen molar-refractivity contribution in [3.05, 3.63) is 88.4 Å². The molecule has 0 unspecified atom stereocenters. The van der Waals surface area contributed by atoms with Gasteiger partial charge in [0.1, 0.15) is 5.54 Å². The molecule has 0 bridgehead atoms. The third-order valence-electron chi connectivity index (χ3n) is 4.99. The van der Waals surface area contributed by atoms with Gasteiger partial charge in [0.2, 0.25) is 0 Å². The van der Waals surface area contributed by atoms with E-state index in [2.05, 4.69) is 5.32 Å². The minimum absolute atomic E-state index is 0.340. The SMILES string of the molecule is C[C@]1(Cc2ccc(-c3ccccc3)cc2)NC(=O)N(c2cc(Cl)cc(Cl)c2)C1=O. The summed E-state index contributed by atoms with van der Waals surface area (Å²) < 4.78 is 0. The Labute approximate surface area is 179 Å². The maximum atomic E-state index is 13.1. The van der Waals surface area contributed by atoms with E-state index in [-0.39, 0.29) is 5.91 Å². The van der Waals surface area contributed by atoms with E-state index in [1.54, 1.807) is 25.1 Å². The number of carbonyl (C=O) groups excluding carboxylic acids is 2. The number of benzene rings is 3. The molecule has 0 spiro atoms. The molecule has 29 heavy (non-hydrogen) atoms. The van der Waals surface area contributed by atoms with E-state index in [1.165, 1.54) is 0 Å². The molecule has 3 amide bonds. The summed E-state index contributed by atoms with van der Waals surface area (Å²) in [6.45, 7) is 1.73. The summed E-state index contributed by atoms with van der Waals surface area (Å²) in [5, 5.41) is 3.53. The number of anilines is 1. The van der Waals surface area contributed by atoms with Crippen LogP contribution in [0.25, 0.3) is 11.1 Å². The largest absolute Gasteiger partial charge is 0.329 e. The van der Waals surface area contributed by atoms with E-state index in [0.29, 0.717) is 22.2 Å². The minimum atomic E-state index is -1.06. The van der Waals surface area contributed by atoms with Gasteiger partial charge in [-0.3, -0.25) is 4.79 Å². The average Bonchev–Trinajstić information content (AvgIpc) is 2.90.